The number of rotatable bonds is 1. The number of hydrogen-bond donors (Lipinski definition) is 0. The minimum Gasteiger partial charge on any atom is -0.435 e. The van der Waals surface area contributed by atoms with Gasteiger partial charge in [-0.15, -0.1) is 0 Å². The fraction of sp³-hybridized carbons (Fsp3) is 0. The van der Waals surface area contributed by atoms with Crippen molar-refractivity contribution in [3.8, 4) is 6.26 Å². The first-order valence-electron chi connectivity index (χ1n) is 1.10. The van der Waals surface area contributed by atoms with Gasteiger partial charge in [-0.2, -0.15) is 5.26 Å². The maximum Gasteiger partial charge on any atom is 0.806 e. The molecule has 0 aromatic heterocycles. The largest absolute Gasteiger partial charge is 0.806 e. The molecule has 32 valence electrons. The van der Waals surface area contributed by atoms with Crippen LogP contribution in [0.15, 0.2) is 0 Å². The Morgan fingerprint density at radius 2 is 2.17 bits per heavy atom. The predicted molar refractivity (Wildman–Crippen MR) is 14.7 cm³/mol. The second-order valence-electron chi connectivity index (χ2n) is 0.470. The fourth-order valence-electron chi connectivity index (χ4n) is 0.0398. The summed E-state index contributed by atoms with van der Waals surface area (Å²) in [4.78, 5) is 0. The van der Waals surface area contributed by atoms with Gasteiger partial charge in [0.2, 0.25) is 0 Å². The Labute approximate surface area is 33.5 Å². The summed E-state index contributed by atoms with van der Waals surface area (Å²) in [5.41, 5.74) is 0. The highest BCUT2D eigenvalue weighted by Crippen LogP contribution is 1.83. The number of nitrogens with zero attached hydrogens (tertiary/aromatic N) is 1. The van der Waals surface area contributed by atoms with Crippen molar-refractivity contribution in [1.29, 1.82) is 5.26 Å². The van der Waals surface area contributed by atoms with Gasteiger partial charge in [-0.1, -0.05) is 0 Å². The molecule has 0 heterocycles. The summed E-state index contributed by atoms with van der Waals surface area (Å²) in [6.07, 6.45) is 0.817. The quantitative estimate of drug-likeness (QED) is 0.345. The van der Waals surface area contributed by atoms with Gasteiger partial charge < -0.3 is 4.65 Å². The molecule has 2 nitrogen and oxygen atoms in total. The van der Waals surface area contributed by atoms with Crippen LogP contribution in [-0.4, -0.2) is 7.47 Å². The summed E-state index contributed by atoms with van der Waals surface area (Å²) in [5, 5.41) is 7.28. The van der Waals surface area contributed by atoms with Crippen LogP contribution in [-0.2, 0) is 4.65 Å². The summed E-state index contributed by atoms with van der Waals surface area (Å²) in [7, 11) is -2.96. The van der Waals surface area contributed by atoms with Crippen molar-refractivity contribution in [2.45, 2.75) is 0 Å². The zero-order valence-corrected chi connectivity index (χ0v) is 2.69. The highest BCUT2D eigenvalue weighted by molar-refractivity contribution is 6.34. The van der Waals surface area contributed by atoms with Crippen LogP contribution in [0.3, 0.4) is 0 Å². The lowest BCUT2D eigenvalue weighted by Gasteiger charge is -1.77. The molecule has 0 saturated carbocycles. The smallest absolute Gasteiger partial charge is 0.435 e. The zero-order valence-electron chi connectivity index (χ0n) is 2.69. The highest BCUT2D eigenvalue weighted by atomic mass is 19.2. The predicted octanol–water partition coefficient (Wildman–Crippen LogP) is 0.408. The minimum absolute atomic E-state index is 0.817. The lowest BCUT2D eigenvalue weighted by atomic mass is 10.4. The molecule has 0 N–H and O–H groups in total. The lowest BCUT2D eigenvalue weighted by Crippen LogP contribution is -1.96. The van der Waals surface area contributed by atoms with Gasteiger partial charge in [-0.05, 0) is 0 Å². The summed E-state index contributed by atoms with van der Waals surface area (Å²) in [5.74, 6) is 0. The topological polar surface area (TPSA) is 33.0 Å². The Balaban J connectivity index is 2.88. The van der Waals surface area contributed by atoms with Crippen LogP contribution in [0.25, 0.3) is 0 Å². The first-order chi connectivity index (χ1) is 2.77. The van der Waals surface area contributed by atoms with Gasteiger partial charge in [0.1, 0.15) is 0 Å². The summed E-state index contributed by atoms with van der Waals surface area (Å²) in [6, 6.07) is 0. The van der Waals surface area contributed by atoms with Crippen molar-refractivity contribution in [2.24, 2.45) is 0 Å². The molecular formula is CBF2NO. The molecule has 0 fully saturated rings. The van der Waals surface area contributed by atoms with Gasteiger partial charge in [0, 0.05) is 0 Å². The van der Waals surface area contributed by atoms with Gasteiger partial charge in [-0.25, -0.2) is 8.63 Å². The van der Waals surface area contributed by atoms with Crippen LogP contribution in [0.5, 0.6) is 0 Å². The van der Waals surface area contributed by atoms with E-state index in [0.29, 0.717) is 0 Å². The third-order valence-corrected chi connectivity index (χ3v) is 0.142. The second-order valence-corrected chi connectivity index (χ2v) is 0.470. The molecule has 0 aromatic carbocycles. The van der Waals surface area contributed by atoms with E-state index in [1.807, 2.05) is 0 Å². The molecule has 0 atom stereocenters. The Morgan fingerprint density at radius 3 is 2.17 bits per heavy atom. The molecule has 0 bridgehead atoms. The summed E-state index contributed by atoms with van der Waals surface area (Å²) < 4.78 is 24.2. The Hall–Kier alpha value is -0.785. The van der Waals surface area contributed by atoms with E-state index >= 15 is 0 Å². The maximum atomic E-state index is 10.6. The van der Waals surface area contributed by atoms with Crippen molar-refractivity contribution in [1.82, 2.24) is 0 Å². The molecule has 0 aliphatic carbocycles. The summed E-state index contributed by atoms with van der Waals surface area (Å²) >= 11 is 0. The van der Waals surface area contributed by atoms with E-state index in [1.165, 1.54) is 0 Å². The van der Waals surface area contributed by atoms with Crippen LogP contribution in [0.2, 0.25) is 0 Å². The Kier molecular flexibility index (Phi) is 2.13. The van der Waals surface area contributed by atoms with Crippen molar-refractivity contribution in [2.75, 3.05) is 0 Å². The molecule has 6 heavy (non-hydrogen) atoms. The van der Waals surface area contributed by atoms with Gasteiger partial charge >= 0.3 is 7.47 Å². The van der Waals surface area contributed by atoms with Crippen LogP contribution in [0, 0.1) is 11.5 Å². The molecule has 0 radical (unpaired) electrons. The molecule has 0 spiro atoms. The monoisotopic (exact) mass is 91.0 g/mol. The molecule has 0 rings (SSSR count). The van der Waals surface area contributed by atoms with Crippen LogP contribution in [0.4, 0.5) is 8.63 Å². The molecule has 5 heteroatoms. The molecule has 0 unspecified atom stereocenters. The SMILES string of the molecule is N#COB(F)F. The average molecular weight is 90.8 g/mol. The van der Waals surface area contributed by atoms with E-state index in [0.717, 1.165) is 6.26 Å². The Morgan fingerprint density at radius 1 is 1.67 bits per heavy atom. The highest BCUT2D eigenvalue weighted by Gasteiger charge is 2.15. The molecule has 0 aliphatic rings. The minimum atomic E-state index is -2.96. The van der Waals surface area contributed by atoms with Crippen molar-refractivity contribution < 1.29 is 13.3 Å². The average Bonchev–Trinajstić information content (AvgIpc) is 1.35. The maximum absolute atomic E-state index is 10.6. The van der Waals surface area contributed by atoms with E-state index in [2.05, 4.69) is 4.65 Å². The van der Waals surface area contributed by atoms with Gasteiger partial charge in [0.15, 0.2) is 0 Å². The number of nitriles is 1. The van der Waals surface area contributed by atoms with Crippen LogP contribution in [0.1, 0.15) is 0 Å². The normalized spacial score (nSPS) is 6.17. The number of halogens is 2. The fourth-order valence-corrected chi connectivity index (χ4v) is 0.0398. The van der Waals surface area contributed by atoms with Crippen LogP contribution < -0.4 is 0 Å². The van der Waals surface area contributed by atoms with E-state index in [4.69, 9.17) is 5.26 Å². The first-order valence-corrected chi connectivity index (χ1v) is 1.10. The second kappa shape index (κ2) is 2.45. The summed E-state index contributed by atoms with van der Waals surface area (Å²) in [6.45, 7) is 0. The van der Waals surface area contributed by atoms with Crippen molar-refractivity contribution >= 4 is 7.47 Å². The molecule has 0 amide bonds. The van der Waals surface area contributed by atoms with E-state index < -0.39 is 7.47 Å². The van der Waals surface area contributed by atoms with Gasteiger partial charge in [0.05, 0.1) is 0 Å². The van der Waals surface area contributed by atoms with E-state index in [1.54, 1.807) is 0 Å². The van der Waals surface area contributed by atoms with Gasteiger partial charge in [-0.3, -0.25) is 0 Å². The van der Waals surface area contributed by atoms with Crippen LogP contribution >= 0.6 is 0 Å². The third kappa shape index (κ3) is 3.21. The molecule has 0 saturated heterocycles. The van der Waals surface area contributed by atoms with Crippen molar-refractivity contribution in [3.63, 3.8) is 0 Å². The molecular weight excluding hydrogens is 90.8 g/mol. The van der Waals surface area contributed by atoms with E-state index in [9.17, 15) is 8.63 Å². The van der Waals surface area contributed by atoms with E-state index in [-0.39, 0.29) is 0 Å². The first kappa shape index (κ1) is 5.21. The van der Waals surface area contributed by atoms with Crippen molar-refractivity contribution in [3.05, 3.63) is 0 Å². The molecule has 0 aliphatic heterocycles. The third-order valence-electron chi connectivity index (χ3n) is 0.142. The lowest BCUT2D eigenvalue weighted by molar-refractivity contribution is 0.391. The molecule has 0 aromatic rings. The zero-order chi connectivity index (χ0) is 4.99. The Bertz CT molecular complexity index is 68.4. The van der Waals surface area contributed by atoms with Gasteiger partial charge in [0.25, 0.3) is 6.26 Å². The standard InChI is InChI=1S/CBF2NO/c3-2(4)6-1-5. The number of hydrogen-bond acceptors (Lipinski definition) is 2.